The number of rotatable bonds is 14. The molecular formula is C61H64N3O4+. The topological polar surface area (TPSA) is 142 Å². The molecule has 0 saturated heterocycles. The Morgan fingerprint density at radius 2 is 0.868 bits per heavy atom. The smallest absolute Gasteiger partial charge is 0.251 e. The zero-order valence-corrected chi connectivity index (χ0v) is 40.3. The third-order valence-corrected chi connectivity index (χ3v) is 12.7. The van der Waals surface area contributed by atoms with Gasteiger partial charge in [-0.05, 0) is 125 Å². The molecule has 346 valence electrons. The standard InChI is InChI=1S/C43H37NO4.2C9H13N/c1-25-7-4-9-28(23-25)11-6-12-37(45)34-18-15-32-30-14-13-27(3)38-35(42(46)44-22-21-29-10-5-8-26(2)24-29)19-16-31(39(30)38)33-17-20-36(43(47)48)41(34)40(32)33;2*1-8-3-2-4-9(7-8)5-6-10/h4-5,7-10,13-20,23-24H,6,11-12,21-22H2,1-3H3,(H,44,46)(H,47,48);2*2-4,7H,5-6,10H2,1H3/p+1. The van der Waals surface area contributed by atoms with Gasteiger partial charge in [0.1, 0.15) is 0 Å². The number of aromatic carboxylic acids is 1. The molecule has 9 aromatic carbocycles. The molecule has 0 heterocycles. The van der Waals surface area contributed by atoms with Crippen LogP contribution < -0.4 is 21.9 Å². The van der Waals surface area contributed by atoms with Crippen molar-refractivity contribution in [2.75, 3.05) is 19.6 Å². The number of aryl methyl sites for hydroxylation is 6. The van der Waals surface area contributed by atoms with Gasteiger partial charge in [0.05, 0.1) is 19.1 Å². The third kappa shape index (κ3) is 11.5. The molecule has 1 amide bonds. The lowest BCUT2D eigenvalue weighted by Gasteiger charge is -2.20. The summed E-state index contributed by atoms with van der Waals surface area (Å²) in [6.45, 7) is 12.8. The predicted molar refractivity (Wildman–Crippen MR) is 278 cm³/mol. The van der Waals surface area contributed by atoms with Gasteiger partial charge in [-0.25, -0.2) is 0 Å². The Morgan fingerprint density at radius 1 is 0.456 bits per heavy atom. The van der Waals surface area contributed by atoms with Crippen molar-refractivity contribution in [2.45, 2.75) is 73.1 Å². The lowest BCUT2D eigenvalue weighted by molar-refractivity contribution is -0.367. The van der Waals surface area contributed by atoms with Crippen LogP contribution in [0, 0.1) is 34.6 Å². The number of fused-ring (bicyclic) bond motifs is 2. The number of amides is 1. The molecule has 0 radical (unpaired) electrons. The molecule has 68 heavy (non-hydrogen) atoms. The van der Waals surface area contributed by atoms with Crippen LogP contribution in [-0.4, -0.2) is 37.3 Å². The largest absolute Gasteiger partial charge is 0.545 e. The highest BCUT2D eigenvalue weighted by Crippen LogP contribution is 2.44. The van der Waals surface area contributed by atoms with Gasteiger partial charge in [-0.15, -0.1) is 0 Å². The summed E-state index contributed by atoms with van der Waals surface area (Å²) in [4.78, 5) is 39.9. The zero-order chi connectivity index (χ0) is 48.3. The number of nitrogens with one attached hydrogen (secondary N) is 1. The van der Waals surface area contributed by atoms with Gasteiger partial charge < -0.3 is 26.7 Å². The maximum Gasteiger partial charge on any atom is 0.251 e. The first-order valence-electron chi connectivity index (χ1n) is 23.9. The van der Waals surface area contributed by atoms with Crippen LogP contribution in [-0.2, 0) is 25.7 Å². The highest BCUT2D eigenvalue weighted by Gasteiger charge is 2.23. The number of benzene rings is 9. The highest BCUT2D eigenvalue weighted by atomic mass is 16.4. The van der Waals surface area contributed by atoms with E-state index in [1.54, 1.807) is 12.1 Å². The van der Waals surface area contributed by atoms with Gasteiger partial charge in [0, 0.05) is 47.9 Å². The van der Waals surface area contributed by atoms with E-state index in [9.17, 15) is 19.5 Å². The number of carboxylic acid groups (broad SMARTS) is 1. The Morgan fingerprint density at radius 3 is 1.32 bits per heavy atom. The number of hydrogen-bond donors (Lipinski definition) is 3. The predicted octanol–water partition coefficient (Wildman–Crippen LogP) is 9.76. The summed E-state index contributed by atoms with van der Waals surface area (Å²) in [6.07, 6.45) is 4.65. The summed E-state index contributed by atoms with van der Waals surface area (Å²) in [6, 6.07) is 48.6. The Hall–Kier alpha value is -7.19. The molecule has 0 aliphatic carbocycles. The summed E-state index contributed by atoms with van der Waals surface area (Å²) in [5, 5.41) is 22.1. The average molecular weight is 903 g/mol. The Bertz CT molecular complexity index is 3170. The van der Waals surface area contributed by atoms with Crippen LogP contribution in [0.4, 0.5) is 0 Å². The summed E-state index contributed by atoms with van der Waals surface area (Å²) in [7, 11) is 0. The fraction of sp³-hybridized carbons (Fsp3) is 0.230. The molecule has 7 nitrogen and oxygen atoms in total. The highest BCUT2D eigenvalue weighted by molar-refractivity contribution is 6.37. The first-order chi connectivity index (χ1) is 32.9. The molecule has 0 spiro atoms. The Balaban J connectivity index is 0.000000282. The summed E-state index contributed by atoms with van der Waals surface area (Å²) < 4.78 is 0. The number of carbonyl (C=O) groups excluding carboxylic acids is 3. The minimum Gasteiger partial charge on any atom is -0.545 e. The second kappa shape index (κ2) is 22.5. The quantitative estimate of drug-likeness (QED) is 0.0568. The van der Waals surface area contributed by atoms with Gasteiger partial charge in [0.25, 0.3) is 5.91 Å². The maximum absolute atomic E-state index is 13.8. The minimum absolute atomic E-state index is 0.00838. The lowest BCUT2D eigenvalue weighted by Crippen LogP contribution is -2.51. The van der Waals surface area contributed by atoms with Gasteiger partial charge in [-0.3, -0.25) is 9.59 Å². The van der Waals surface area contributed by atoms with Crippen molar-refractivity contribution in [2.24, 2.45) is 0 Å². The molecule has 0 unspecified atom stereocenters. The number of hydrogen-bond acceptors (Lipinski definition) is 4. The van der Waals surface area contributed by atoms with Crippen molar-refractivity contribution in [3.8, 4) is 0 Å². The van der Waals surface area contributed by atoms with Crippen molar-refractivity contribution in [1.82, 2.24) is 5.32 Å². The molecule has 0 bridgehead atoms. The molecule has 7 heteroatoms. The van der Waals surface area contributed by atoms with Crippen molar-refractivity contribution < 1.29 is 31.0 Å². The average Bonchev–Trinajstić information content (AvgIpc) is 3.31. The molecule has 0 saturated carbocycles. The fourth-order valence-electron chi connectivity index (χ4n) is 9.53. The van der Waals surface area contributed by atoms with Crippen LogP contribution in [0.3, 0.4) is 0 Å². The molecule has 0 aliphatic heterocycles. The molecule has 0 aromatic heterocycles. The van der Waals surface area contributed by atoms with Crippen LogP contribution in [0.5, 0.6) is 0 Å². The summed E-state index contributed by atoms with van der Waals surface area (Å²) >= 11 is 0. The molecular weight excluding hydrogens is 839 g/mol. The minimum atomic E-state index is -1.31. The SMILES string of the molecule is Cc1cccc(CCCC(=O)c2ccc3c4ccc(C)c5c(C(=O)NCCc6cccc(C)c6)ccc(c6ccc(C(=O)[O-])c2c63)c54)c1.Cc1cccc(CC[NH3+])c1.Cc1cccc(CC[NH3+])c1. The lowest BCUT2D eigenvalue weighted by atomic mass is 9.83. The van der Waals surface area contributed by atoms with Gasteiger partial charge in [-0.2, -0.15) is 0 Å². The van der Waals surface area contributed by atoms with Crippen LogP contribution in [0.25, 0.3) is 43.1 Å². The number of carboxylic acids is 1. The van der Waals surface area contributed by atoms with E-state index in [0.29, 0.717) is 35.9 Å². The maximum atomic E-state index is 13.8. The van der Waals surface area contributed by atoms with Crippen molar-refractivity contribution >= 4 is 60.7 Å². The second-order valence-electron chi connectivity index (χ2n) is 18.1. The number of carbonyl (C=O) groups is 3. The monoisotopic (exact) mass is 902 g/mol. The molecule has 0 fully saturated rings. The second-order valence-corrected chi connectivity index (χ2v) is 18.1. The van der Waals surface area contributed by atoms with E-state index in [0.717, 1.165) is 82.0 Å². The summed E-state index contributed by atoms with van der Waals surface area (Å²) in [5.41, 5.74) is 19.8. The fourth-order valence-corrected chi connectivity index (χ4v) is 9.53. The van der Waals surface area contributed by atoms with Crippen molar-refractivity contribution in [1.29, 1.82) is 0 Å². The van der Waals surface area contributed by atoms with Gasteiger partial charge >= 0.3 is 0 Å². The number of ketones is 1. The number of quaternary nitrogens is 2. The summed E-state index contributed by atoms with van der Waals surface area (Å²) in [5.74, 6) is -1.54. The van der Waals surface area contributed by atoms with Gasteiger partial charge in [0.15, 0.2) is 5.78 Å². The Labute approximate surface area is 400 Å². The van der Waals surface area contributed by atoms with Crippen LogP contribution in [0.2, 0.25) is 0 Å². The first kappa shape index (κ1) is 48.7. The molecule has 0 aliphatic rings. The van der Waals surface area contributed by atoms with Crippen LogP contribution >= 0.6 is 0 Å². The van der Waals surface area contributed by atoms with Crippen molar-refractivity contribution in [3.05, 3.63) is 212 Å². The molecule has 0 atom stereocenters. The first-order valence-corrected chi connectivity index (χ1v) is 23.9. The van der Waals surface area contributed by atoms with E-state index >= 15 is 0 Å². The Kier molecular flexibility index (Phi) is 16.2. The van der Waals surface area contributed by atoms with E-state index in [2.05, 4.69) is 129 Å². The third-order valence-electron chi connectivity index (χ3n) is 12.7. The van der Waals surface area contributed by atoms with E-state index in [-0.39, 0.29) is 17.3 Å². The van der Waals surface area contributed by atoms with Crippen LogP contribution in [0.1, 0.15) is 94.0 Å². The van der Waals surface area contributed by atoms with E-state index in [4.69, 9.17) is 0 Å². The van der Waals surface area contributed by atoms with Gasteiger partial charge in [0.2, 0.25) is 0 Å². The van der Waals surface area contributed by atoms with Crippen molar-refractivity contribution in [3.63, 3.8) is 0 Å². The molecule has 9 aromatic rings. The number of Topliss-reactive ketones (excluding diaryl/α,β-unsaturated/α-hetero) is 1. The van der Waals surface area contributed by atoms with E-state index in [1.807, 2.05) is 55.5 Å². The zero-order valence-electron chi connectivity index (χ0n) is 40.3. The molecule has 9 rings (SSSR count). The van der Waals surface area contributed by atoms with Gasteiger partial charge in [-0.1, -0.05) is 162 Å². The van der Waals surface area contributed by atoms with Crippen LogP contribution in [0.15, 0.2) is 146 Å². The molecule has 7 N–H and O–H groups in total. The van der Waals surface area contributed by atoms with E-state index < -0.39 is 5.97 Å². The van der Waals surface area contributed by atoms with E-state index in [1.165, 1.54) is 44.5 Å². The normalized spacial score (nSPS) is 11.0.